The third-order valence-electron chi connectivity index (χ3n) is 2.31. The summed E-state index contributed by atoms with van der Waals surface area (Å²) in [5.74, 6) is 0. The zero-order valence-corrected chi connectivity index (χ0v) is 7.63. The zero-order valence-electron chi connectivity index (χ0n) is 7.63. The van der Waals surface area contributed by atoms with Crippen LogP contribution in [0.15, 0.2) is 12.4 Å². The van der Waals surface area contributed by atoms with Gasteiger partial charge in [0, 0.05) is 6.61 Å². The fraction of sp³-hybridized carbons (Fsp3) is 0.625. The molecule has 1 aromatic heterocycles. The van der Waals surface area contributed by atoms with Crippen LogP contribution >= 0.6 is 0 Å². The molecule has 0 spiro atoms. The van der Waals surface area contributed by atoms with Gasteiger partial charge < -0.3 is 4.74 Å². The highest BCUT2D eigenvalue weighted by Crippen LogP contribution is 2.20. The van der Waals surface area contributed by atoms with Gasteiger partial charge in [0.1, 0.15) is 12.4 Å². The lowest BCUT2D eigenvalue weighted by atomic mass is 10.1. The van der Waals surface area contributed by atoms with Crippen molar-refractivity contribution in [2.24, 2.45) is 0 Å². The van der Waals surface area contributed by atoms with Crippen molar-refractivity contribution >= 4 is 5.69 Å². The summed E-state index contributed by atoms with van der Waals surface area (Å²) < 4.78 is 6.90. The molecule has 1 fully saturated rings. The van der Waals surface area contributed by atoms with E-state index in [1.807, 2.05) is 0 Å². The monoisotopic (exact) mass is 197 g/mol. The third kappa shape index (κ3) is 1.74. The molecule has 0 radical (unpaired) electrons. The van der Waals surface area contributed by atoms with E-state index in [1.54, 1.807) is 4.68 Å². The van der Waals surface area contributed by atoms with Crippen LogP contribution in [0.2, 0.25) is 0 Å². The smallest absolute Gasteiger partial charge is 0.307 e. The molecule has 0 saturated carbocycles. The van der Waals surface area contributed by atoms with Crippen LogP contribution < -0.4 is 0 Å². The lowest BCUT2D eigenvalue weighted by Gasteiger charge is -2.21. The Morgan fingerprint density at radius 1 is 1.71 bits per heavy atom. The quantitative estimate of drug-likeness (QED) is 0.526. The van der Waals surface area contributed by atoms with Gasteiger partial charge in [0.2, 0.25) is 0 Å². The van der Waals surface area contributed by atoms with Crippen molar-refractivity contribution in [3.63, 3.8) is 0 Å². The summed E-state index contributed by atoms with van der Waals surface area (Å²) in [7, 11) is 0. The first kappa shape index (κ1) is 9.14. The van der Waals surface area contributed by atoms with Gasteiger partial charge in [-0.25, -0.2) is 0 Å². The Hall–Kier alpha value is -1.43. The second-order valence-corrected chi connectivity index (χ2v) is 3.31. The number of ether oxygens (including phenoxy) is 1. The summed E-state index contributed by atoms with van der Waals surface area (Å²) in [6.07, 6.45) is 4.69. The van der Waals surface area contributed by atoms with Gasteiger partial charge in [-0.05, 0) is 12.8 Å². The Kier molecular flexibility index (Phi) is 2.45. The van der Waals surface area contributed by atoms with Crippen LogP contribution in [-0.2, 0) is 4.74 Å². The molecule has 1 aromatic rings. The minimum absolute atomic E-state index is 0.0376. The topological polar surface area (TPSA) is 70.2 Å². The number of hydrogen-bond donors (Lipinski definition) is 0. The largest absolute Gasteiger partial charge is 0.379 e. The predicted octanol–water partition coefficient (Wildman–Crippen LogP) is 1.14. The molecular formula is C8H11N3O3. The molecule has 6 nitrogen and oxygen atoms in total. The maximum atomic E-state index is 10.4. The van der Waals surface area contributed by atoms with Gasteiger partial charge in [0.05, 0.1) is 17.6 Å². The number of rotatable bonds is 2. The van der Waals surface area contributed by atoms with Gasteiger partial charge in [0.25, 0.3) is 0 Å². The highest BCUT2D eigenvalue weighted by Gasteiger charge is 2.19. The van der Waals surface area contributed by atoms with Crippen molar-refractivity contribution in [1.82, 2.24) is 9.78 Å². The molecule has 76 valence electrons. The number of hydrogen-bond acceptors (Lipinski definition) is 4. The molecule has 6 heteroatoms. The first-order valence-electron chi connectivity index (χ1n) is 4.53. The van der Waals surface area contributed by atoms with E-state index in [-0.39, 0.29) is 11.7 Å². The molecule has 0 bridgehead atoms. The molecule has 2 heterocycles. The fourth-order valence-corrected chi connectivity index (χ4v) is 1.55. The Morgan fingerprint density at radius 2 is 2.57 bits per heavy atom. The van der Waals surface area contributed by atoms with Gasteiger partial charge in [-0.15, -0.1) is 0 Å². The second-order valence-electron chi connectivity index (χ2n) is 3.31. The first-order valence-corrected chi connectivity index (χ1v) is 4.53. The van der Waals surface area contributed by atoms with Crippen LogP contribution in [0.25, 0.3) is 0 Å². The van der Waals surface area contributed by atoms with E-state index < -0.39 is 4.92 Å². The van der Waals surface area contributed by atoms with Crippen molar-refractivity contribution in [3.05, 3.63) is 22.5 Å². The SMILES string of the molecule is O=[N+]([O-])c1cnn(C2CCCOC2)c1. The van der Waals surface area contributed by atoms with Crippen LogP contribution in [-0.4, -0.2) is 27.9 Å². The van der Waals surface area contributed by atoms with E-state index in [0.717, 1.165) is 19.4 Å². The van der Waals surface area contributed by atoms with Crippen molar-refractivity contribution in [1.29, 1.82) is 0 Å². The average Bonchev–Trinajstić information content (AvgIpc) is 2.68. The number of aromatic nitrogens is 2. The van der Waals surface area contributed by atoms with Gasteiger partial charge in [0.15, 0.2) is 0 Å². The van der Waals surface area contributed by atoms with E-state index in [4.69, 9.17) is 4.74 Å². The maximum Gasteiger partial charge on any atom is 0.307 e. The van der Waals surface area contributed by atoms with Crippen LogP contribution in [0.4, 0.5) is 5.69 Å². The number of nitro groups is 1. The molecule has 1 saturated heterocycles. The fourth-order valence-electron chi connectivity index (χ4n) is 1.55. The normalized spacial score (nSPS) is 22.1. The standard InChI is InChI=1S/C8H11N3O3/c12-11(13)8-4-9-10(5-8)7-2-1-3-14-6-7/h4-5,7H,1-3,6H2. The highest BCUT2D eigenvalue weighted by molar-refractivity contribution is 5.21. The van der Waals surface area contributed by atoms with Crippen LogP contribution in [0, 0.1) is 10.1 Å². The maximum absolute atomic E-state index is 10.4. The van der Waals surface area contributed by atoms with Crippen molar-refractivity contribution < 1.29 is 9.66 Å². The van der Waals surface area contributed by atoms with E-state index >= 15 is 0 Å². The predicted molar refractivity (Wildman–Crippen MR) is 48.0 cm³/mol. The molecule has 1 unspecified atom stereocenters. The van der Waals surface area contributed by atoms with E-state index in [2.05, 4.69) is 5.10 Å². The third-order valence-corrected chi connectivity index (χ3v) is 2.31. The molecule has 14 heavy (non-hydrogen) atoms. The Labute approximate surface area is 80.6 Å². The molecule has 1 aliphatic rings. The van der Waals surface area contributed by atoms with Crippen LogP contribution in [0.3, 0.4) is 0 Å². The Bertz CT molecular complexity index is 330. The van der Waals surface area contributed by atoms with Crippen molar-refractivity contribution in [2.45, 2.75) is 18.9 Å². The van der Waals surface area contributed by atoms with Gasteiger partial charge >= 0.3 is 5.69 Å². The van der Waals surface area contributed by atoms with Gasteiger partial charge in [-0.1, -0.05) is 0 Å². The molecule has 1 atom stereocenters. The molecular weight excluding hydrogens is 186 g/mol. The molecule has 0 amide bonds. The molecule has 0 N–H and O–H groups in total. The Morgan fingerprint density at radius 3 is 3.14 bits per heavy atom. The highest BCUT2D eigenvalue weighted by atomic mass is 16.6. The lowest BCUT2D eigenvalue weighted by Crippen LogP contribution is -2.21. The summed E-state index contributed by atoms with van der Waals surface area (Å²) in [5.41, 5.74) is 0.0376. The molecule has 2 rings (SSSR count). The lowest BCUT2D eigenvalue weighted by molar-refractivity contribution is -0.385. The van der Waals surface area contributed by atoms with Gasteiger partial charge in [-0.3, -0.25) is 14.8 Å². The minimum atomic E-state index is -0.437. The zero-order chi connectivity index (χ0) is 9.97. The molecule has 0 aromatic carbocycles. The summed E-state index contributed by atoms with van der Waals surface area (Å²) in [6.45, 7) is 1.37. The van der Waals surface area contributed by atoms with Crippen LogP contribution in [0.5, 0.6) is 0 Å². The minimum Gasteiger partial charge on any atom is -0.379 e. The van der Waals surface area contributed by atoms with E-state index in [0.29, 0.717) is 6.61 Å². The van der Waals surface area contributed by atoms with Gasteiger partial charge in [-0.2, -0.15) is 5.10 Å². The molecule has 0 aliphatic carbocycles. The summed E-state index contributed by atoms with van der Waals surface area (Å²) in [4.78, 5) is 9.98. The van der Waals surface area contributed by atoms with E-state index in [9.17, 15) is 10.1 Å². The van der Waals surface area contributed by atoms with Crippen LogP contribution in [0.1, 0.15) is 18.9 Å². The van der Waals surface area contributed by atoms with Crippen molar-refractivity contribution in [3.8, 4) is 0 Å². The number of nitrogens with zero attached hydrogens (tertiary/aromatic N) is 3. The second kappa shape index (κ2) is 3.75. The summed E-state index contributed by atoms with van der Waals surface area (Å²) >= 11 is 0. The Balaban J connectivity index is 2.11. The average molecular weight is 197 g/mol. The molecule has 1 aliphatic heterocycles. The summed E-state index contributed by atoms with van der Waals surface area (Å²) in [6, 6.07) is 0.150. The summed E-state index contributed by atoms with van der Waals surface area (Å²) in [5, 5.41) is 14.4. The van der Waals surface area contributed by atoms with Crippen molar-refractivity contribution in [2.75, 3.05) is 13.2 Å². The first-order chi connectivity index (χ1) is 6.77. The van der Waals surface area contributed by atoms with E-state index in [1.165, 1.54) is 12.4 Å².